The number of aromatic hydroxyl groups is 2. The Bertz CT molecular complexity index is 626. The lowest BCUT2D eigenvalue weighted by atomic mass is 10.1. The molecule has 0 atom stereocenters. The molecule has 0 spiro atoms. The van der Waals surface area contributed by atoms with Crippen LogP contribution in [0.1, 0.15) is 10.4 Å². The van der Waals surface area contributed by atoms with Gasteiger partial charge in [-0.3, -0.25) is 4.79 Å². The third-order valence-electron chi connectivity index (χ3n) is 2.42. The summed E-state index contributed by atoms with van der Waals surface area (Å²) < 4.78 is 14.1. The molecule has 2 aromatic rings. The number of phenols is 2. The van der Waals surface area contributed by atoms with Crippen LogP contribution in [0.4, 0.5) is 10.1 Å². The molecule has 1 amide bonds. The minimum atomic E-state index is -0.799. The van der Waals surface area contributed by atoms with Crippen molar-refractivity contribution in [1.82, 2.24) is 0 Å². The van der Waals surface area contributed by atoms with Crippen LogP contribution in [0.2, 0.25) is 0 Å². The summed E-state index contributed by atoms with van der Waals surface area (Å²) in [5, 5.41) is 21.4. The maximum absolute atomic E-state index is 13.5. The number of halogens is 2. The molecule has 98 valence electrons. The predicted octanol–water partition coefficient (Wildman–Crippen LogP) is 3.25. The highest BCUT2D eigenvalue weighted by Crippen LogP contribution is 2.28. The third-order valence-corrected chi connectivity index (χ3v) is 2.92. The second-order valence-corrected chi connectivity index (χ2v) is 4.67. The smallest absolute Gasteiger partial charge is 0.263 e. The van der Waals surface area contributed by atoms with Crippen molar-refractivity contribution in [2.75, 3.05) is 5.32 Å². The lowest BCUT2D eigenvalue weighted by Gasteiger charge is -2.09. The van der Waals surface area contributed by atoms with Crippen LogP contribution in [-0.4, -0.2) is 16.1 Å². The van der Waals surface area contributed by atoms with Gasteiger partial charge in [0.2, 0.25) is 0 Å². The van der Waals surface area contributed by atoms with Crippen LogP contribution in [0.5, 0.6) is 11.5 Å². The van der Waals surface area contributed by atoms with Crippen LogP contribution in [0, 0.1) is 5.82 Å². The minimum Gasteiger partial charge on any atom is -0.507 e. The SMILES string of the molecule is O=C(Nc1cc(Br)ccc1F)c1c(O)cccc1O. The highest BCUT2D eigenvalue weighted by atomic mass is 79.9. The molecule has 2 aromatic carbocycles. The molecule has 0 heterocycles. The molecule has 0 aromatic heterocycles. The summed E-state index contributed by atoms with van der Waals surface area (Å²) in [5.74, 6) is -2.18. The third kappa shape index (κ3) is 2.85. The summed E-state index contributed by atoms with van der Waals surface area (Å²) in [6.07, 6.45) is 0. The molecule has 0 saturated carbocycles. The van der Waals surface area contributed by atoms with Crippen molar-refractivity contribution in [3.05, 3.63) is 52.3 Å². The van der Waals surface area contributed by atoms with Crippen molar-refractivity contribution in [2.45, 2.75) is 0 Å². The van der Waals surface area contributed by atoms with E-state index in [1.807, 2.05) is 0 Å². The first kappa shape index (κ1) is 13.4. The second kappa shape index (κ2) is 5.27. The quantitative estimate of drug-likeness (QED) is 0.793. The van der Waals surface area contributed by atoms with Crippen LogP contribution in [0.15, 0.2) is 40.9 Å². The van der Waals surface area contributed by atoms with E-state index in [1.165, 1.54) is 36.4 Å². The number of carbonyl (C=O) groups is 1. The average molecular weight is 326 g/mol. The van der Waals surface area contributed by atoms with Crippen LogP contribution in [0.3, 0.4) is 0 Å². The Kier molecular flexibility index (Phi) is 3.71. The van der Waals surface area contributed by atoms with Crippen LogP contribution in [-0.2, 0) is 0 Å². The highest BCUT2D eigenvalue weighted by molar-refractivity contribution is 9.10. The maximum atomic E-state index is 13.5. The number of phenolic OH excluding ortho intramolecular Hbond substituents is 2. The molecule has 2 rings (SSSR count). The van der Waals surface area contributed by atoms with E-state index in [4.69, 9.17) is 0 Å². The van der Waals surface area contributed by atoms with E-state index in [2.05, 4.69) is 21.2 Å². The molecular weight excluding hydrogens is 317 g/mol. The van der Waals surface area contributed by atoms with E-state index in [0.717, 1.165) is 0 Å². The van der Waals surface area contributed by atoms with Gasteiger partial charge in [-0.25, -0.2) is 4.39 Å². The van der Waals surface area contributed by atoms with E-state index in [1.54, 1.807) is 0 Å². The summed E-state index contributed by atoms with van der Waals surface area (Å²) in [7, 11) is 0. The van der Waals surface area contributed by atoms with E-state index in [0.29, 0.717) is 4.47 Å². The molecule has 0 aliphatic carbocycles. The van der Waals surface area contributed by atoms with E-state index >= 15 is 0 Å². The molecular formula is C13H9BrFNO3. The van der Waals surface area contributed by atoms with Crippen molar-refractivity contribution in [3.63, 3.8) is 0 Å². The van der Waals surface area contributed by atoms with Gasteiger partial charge in [0.05, 0.1) is 5.69 Å². The van der Waals surface area contributed by atoms with E-state index < -0.39 is 11.7 Å². The highest BCUT2D eigenvalue weighted by Gasteiger charge is 2.17. The van der Waals surface area contributed by atoms with E-state index in [9.17, 15) is 19.4 Å². The zero-order valence-corrected chi connectivity index (χ0v) is 11.1. The number of anilines is 1. The number of benzene rings is 2. The van der Waals surface area contributed by atoms with Crippen LogP contribution < -0.4 is 5.32 Å². The zero-order chi connectivity index (χ0) is 14.0. The fourth-order valence-electron chi connectivity index (χ4n) is 1.54. The lowest BCUT2D eigenvalue weighted by Crippen LogP contribution is -2.13. The van der Waals surface area contributed by atoms with Crippen molar-refractivity contribution in [3.8, 4) is 11.5 Å². The summed E-state index contributed by atoms with van der Waals surface area (Å²) >= 11 is 3.15. The second-order valence-electron chi connectivity index (χ2n) is 3.75. The molecule has 0 aliphatic rings. The summed E-state index contributed by atoms with van der Waals surface area (Å²) in [4.78, 5) is 11.9. The minimum absolute atomic E-state index is 0.0537. The molecule has 0 bridgehead atoms. The topological polar surface area (TPSA) is 69.6 Å². The summed E-state index contributed by atoms with van der Waals surface area (Å²) in [5.41, 5.74) is -0.357. The zero-order valence-electron chi connectivity index (χ0n) is 9.52. The summed E-state index contributed by atoms with van der Waals surface area (Å²) in [6, 6.07) is 7.95. The van der Waals surface area contributed by atoms with E-state index in [-0.39, 0.29) is 22.7 Å². The van der Waals surface area contributed by atoms with Crippen LogP contribution >= 0.6 is 15.9 Å². The first-order valence-corrected chi connectivity index (χ1v) is 6.05. The molecule has 0 aliphatic heterocycles. The molecule has 0 radical (unpaired) electrons. The first-order valence-electron chi connectivity index (χ1n) is 5.26. The van der Waals surface area contributed by atoms with Gasteiger partial charge >= 0.3 is 0 Å². The fraction of sp³-hybridized carbons (Fsp3) is 0. The van der Waals surface area contributed by atoms with Gasteiger partial charge in [0, 0.05) is 4.47 Å². The molecule has 0 unspecified atom stereocenters. The number of carbonyl (C=O) groups excluding carboxylic acids is 1. The van der Waals surface area contributed by atoms with Crippen molar-refractivity contribution >= 4 is 27.5 Å². The van der Waals surface area contributed by atoms with Gasteiger partial charge in [0.25, 0.3) is 5.91 Å². The Labute approximate surface area is 116 Å². The van der Waals surface area contributed by atoms with Gasteiger partial charge in [-0.15, -0.1) is 0 Å². The molecule has 6 heteroatoms. The Hall–Kier alpha value is -2.08. The Morgan fingerprint density at radius 3 is 2.42 bits per heavy atom. The van der Waals surface area contributed by atoms with Gasteiger partial charge in [0.15, 0.2) is 0 Å². The van der Waals surface area contributed by atoms with Gasteiger partial charge in [-0.2, -0.15) is 0 Å². The van der Waals surface area contributed by atoms with Crippen molar-refractivity contribution < 1.29 is 19.4 Å². The first-order chi connectivity index (χ1) is 8.99. The van der Waals surface area contributed by atoms with Gasteiger partial charge in [-0.05, 0) is 30.3 Å². The number of hydrogen-bond acceptors (Lipinski definition) is 3. The Morgan fingerprint density at radius 2 is 1.79 bits per heavy atom. The monoisotopic (exact) mass is 325 g/mol. The maximum Gasteiger partial charge on any atom is 0.263 e. The van der Waals surface area contributed by atoms with Crippen molar-refractivity contribution in [1.29, 1.82) is 0 Å². The van der Waals surface area contributed by atoms with Gasteiger partial charge < -0.3 is 15.5 Å². The Morgan fingerprint density at radius 1 is 1.16 bits per heavy atom. The number of rotatable bonds is 2. The number of amides is 1. The molecule has 4 nitrogen and oxygen atoms in total. The molecule has 19 heavy (non-hydrogen) atoms. The Balaban J connectivity index is 2.34. The largest absolute Gasteiger partial charge is 0.507 e. The molecule has 3 N–H and O–H groups in total. The summed E-state index contributed by atoms with van der Waals surface area (Å²) in [6.45, 7) is 0. The normalized spacial score (nSPS) is 10.2. The van der Waals surface area contributed by atoms with Gasteiger partial charge in [-0.1, -0.05) is 22.0 Å². The average Bonchev–Trinajstić information content (AvgIpc) is 2.33. The molecule has 0 fully saturated rings. The number of nitrogens with one attached hydrogen (secondary N) is 1. The lowest BCUT2D eigenvalue weighted by molar-refractivity contribution is 0.102. The van der Waals surface area contributed by atoms with Crippen LogP contribution in [0.25, 0.3) is 0 Å². The number of hydrogen-bond donors (Lipinski definition) is 3. The molecule has 0 saturated heterocycles. The fourth-order valence-corrected chi connectivity index (χ4v) is 1.90. The standard InChI is InChI=1S/C13H9BrFNO3/c14-7-4-5-8(15)9(6-7)16-13(19)12-10(17)2-1-3-11(12)18/h1-6,17-18H,(H,16,19). The van der Waals surface area contributed by atoms with Gasteiger partial charge in [0.1, 0.15) is 22.9 Å². The van der Waals surface area contributed by atoms with Crippen molar-refractivity contribution in [2.24, 2.45) is 0 Å². The predicted molar refractivity (Wildman–Crippen MR) is 71.8 cm³/mol.